The summed E-state index contributed by atoms with van der Waals surface area (Å²) in [6, 6.07) is 2.81. The fourth-order valence-corrected chi connectivity index (χ4v) is 2.10. The van der Waals surface area contributed by atoms with Gasteiger partial charge in [0.15, 0.2) is 11.6 Å². The summed E-state index contributed by atoms with van der Waals surface area (Å²) in [7, 11) is 0. The van der Waals surface area contributed by atoms with Crippen molar-refractivity contribution in [1.82, 2.24) is 0 Å². The highest BCUT2D eigenvalue weighted by Crippen LogP contribution is 2.35. The standard InChI is InChI=1S/C11H8N2O5/c1-5(12-16)8-10(14)6-3-2-4-7(13(17)18)9(6)11(8)15/h2-5,8H,1H3. The van der Waals surface area contributed by atoms with Gasteiger partial charge in [0.05, 0.1) is 4.92 Å². The molecule has 0 aromatic heterocycles. The summed E-state index contributed by atoms with van der Waals surface area (Å²) in [6.45, 7) is 1.34. The van der Waals surface area contributed by atoms with E-state index in [0.29, 0.717) is 0 Å². The second-order valence-electron chi connectivity index (χ2n) is 4.01. The van der Waals surface area contributed by atoms with Gasteiger partial charge in [0.2, 0.25) is 0 Å². The Morgan fingerprint density at radius 2 is 2.00 bits per heavy atom. The molecule has 2 unspecified atom stereocenters. The lowest BCUT2D eigenvalue weighted by atomic mass is 9.96. The molecule has 1 aromatic carbocycles. The molecule has 0 bridgehead atoms. The first-order chi connectivity index (χ1) is 8.49. The number of nitro groups is 1. The van der Waals surface area contributed by atoms with Crippen molar-refractivity contribution in [3.05, 3.63) is 44.3 Å². The maximum absolute atomic E-state index is 12.0. The summed E-state index contributed by atoms with van der Waals surface area (Å²) in [5.41, 5.74) is -0.630. The monoisotopic (exact) mass is 248 g/mol. The largest absolute Gasteiger partial charge is 0.293 e. The Kier molecular flexibility index (Phi) is 2.74. The Balaban J connectivity index is 2.62. The summed E-state index contributed by atoms with van der Waals surface area (Å²) >= 11 is 0. The van der Waals surface area contributed by atoms with E-state index < -0.39 is 34.1 Å². The fraction of sp³-hybridized carbons (Fsp3) is 0.273. The van der Waals surface area contributed by atoms with Gasteiger partial charge in [-0.2, -0.15) is 4.91 Å². The number of hydrogen-bond acceptors (Lipinski definition) is 6. The number of Topliss-reactive ketones (excluding diaryl/α,β-unsaturated/α-hetero) is 2. The maximum Gasteiger partial charge on any atom is 0.280 e. The highest BCUT2D eigenvalue weighted by molar-refractivity contribution is 6.28. The number of nitro benzene ring substituents is 1. The van der Waals surface area contributed by atoms with Crippen molar-refractivity contribution >= 4 is 17.3 Å². The molecule has 1 aliphatic carbocycles. The van der Waals surface area contributed by atoms with Gasteiger partial charge in [0.25, 0.3) is 5.69 Å². The number of rotatable bonds is 3. The second-order valence-corrected chi connectivity index (χ2v) is 4.01. The van der Waals surface area contributed by atoms with Crippen molar-refractivity contribution in [2.24, 2.45) is 11.1 Å². The molecule has 1 aliphatic rings. The SMILES string of the molecule is CC(N=O)C1C(=O)c2cccc([N+](=O)[O-])c2C1=O. The van der Waals surface area contributed by atoms with Crippen molar-refractivity contribution in [1.29, 1.82) is 0 Å². The molecule has 0 saturated heterocycles. The molecule has 2 rings (SSSR count). The zero-order chi connectivity index (χ0) is 13.4. The third-order valence-corrected chi connectivity index (χ3v) is 2.96. The second kappa shape index (κ2) is 4.10. The highest BCUT2D eigenvalue weighted by atomic mass is 16.6. The van der Waals surface area contributed by atoms with E-state index in [0.717, 1.165) is 6.07 Å². The number of carbonyl (C=O) groups is 2. The van der Waals surface area contributed by atoms with Crippen molar-refractivity contribution < 1.29 is 14.5 Å². The summed E-state index contributed by atoms with van der Waals surface area (Å²) in [6.07, 6.45) is 0. The molecule has 92 valence electrons. The van der Waals surface area contributed by atoms with Crippen LogP contribution in [-0.4, -0.2) is 22.5 Å². The van der Waals surface area contributed by atoms with Crippen LogP contribution in [0.4, 0.5) is 5.69 Å². The average Bonchev–Trinajstić information content (AvgIpc) is 2.61. The lowest BCUT2D eigenvalue weighted by molar-refractivity contribution is -0.385. The van der Waals surface area contributed by atoms with Gasteiger partial charge in [-0.15, -0.1) is 0 Å². The van der Waals surface area contributed by atoms with Crippen molar-refractivity contribution in [3.63, 3.8) is 0 Å². The van der Waals surface area contributed by atoms with Gasteiger partial charge < -0.3 is 0 Å². The van der Waals surface area contributed by atoms with E-state index in [4.69, 9.17) is 0 Å². The molecule has 7 nitrogen and oxygen atoms in total. The first-order valence-corrected chi connectivity index (χ1v) is 5.17. The lowest BCUT2D eigenvalue weighted by Gasteiger charge is -2.07. The molecule has 0 fully saturated rings. The zero-order valence-electron chi connectivity index (χ0n) is 9.32. The van der Waals surface area contributed by atoms with E-state index in [2.05, 4.69) is 5.18 Å². The molecule has 0 heterocycles. The van der Waals surface area contributed by atoms with Crippen LogP contribution in [-0.2, 0) is 0 Å². The molecule has 0 N–H and O–H groups in total. The number of hydrogen-bond donors (Lipinski definition) is 0. The van der Waals surface area contributed by atoms with E-state index in [1.807, 2.05) is 0 Å². The maximum atomic E-state index is 12.0. The number of nitrogens with zero attached hydrogens (tertiary/aromatic N) is 2. The van der Waals surface area contributed by atoms with Crippen LogP contribution in [0, 0.1) is 20.9 Å². The minimum atomic E-state index is -1.24. The van der Waals surface area contributed by atoms with Crippen LogP contribution in [0.15, 0.2) is 23.4 Å². The molecular formula is C11H8N2O5. The van der Waals surface area contributed by atoms with Crippen LogP contribution in [0.1, 0.15) is 27.6 Å². The van der Waals surface area contributed by atoms with Crippen LogP contribution in [0.3, 0.4) is 0 Å². The summed E-state index contributed by atoms with van der Waals surface area (Å²) in [4.78, 5) is 44.5. The van der Waals surface area contributed by atoms with Crippen LogP contribution in [0.5, 0.6) is 0 Å². The first-order valence-electron chi connectivity index (χ1n) is 5.17. The van der Waals surface area contributed by atoms with Gasteiger partial charge in [0, 0.05) is 11.6 Å². The van der Waals surface area contributed by atoms with Gasteiger partial charge in [-0.3, -0.25) is 19.7 Å². The van der Waals surface area contributed by atoms with Crippen LogP contribution < -0.4 is 0 Å². The van der Waals surface area contributed by atoms with E-state index in [1.54, 1.807) is 0 Å². The molecule has 0 amide bonds. The van der Waals surface area contributed by atoms with Gasteiger partial charge in [-0.05, 0) is 6.92 Å². The Bertz CT molecular complexity index is 581. The van der Waals surface area contributed by atoms with Gasteiger partial charge in [-0.1, -0.05) is 17.3 Å². The average molecular weight is 248 g/mol. The van der Waals surface area contributed by atoms with Crippen molar-refractivity contribution in [2.45, 2.75) is 13.0 Å². The summed E-state index contributed by atoms with van der Waals surface area (Å²) in [5.74, 6) is -2.51. The van der Waals surface area contributed by atoms with E-state index in [-0.39, 0.29) is 11.1 Å². The molecule has 2 atom stereocenters. The number of carbonyl (C=O) groups excluding carboxylic acids is 2. The highest BCUT2D eigenvalue weighted by Gasteiger charge is 2.46. The third kappa shape index (κ3) is 1.52. The van der Waals surface area contributed by atoms with Crippen LogP contribution in [0.25, 0.3) is 0 Å². The Labute approximate surface area is 101 Å². The number of nitroso groups, excluding NO2 is 1. The normalized spacial score (nSPS) is 19.5. The molecule has 18 heavy (non-hydrogen) atoms. The van der Waals surface area contributed by atoms with Crippen molar-refractivity contribution in [3.8, 4) is 0 Å². The molecular weight excluding hydrogens is 240 g/mol. The predicted molar refractivity (Wildman–Crippen MR) is 60.5 cm³/mol. The van der Waals surface area contributed by atoms with Gasteiger partial charge in [0.1, 0.15) is 17.5 Å². The zero-order valence-corrected chi connectivity index (χ0v) is 9.32. The van der Waals surface area contributed by atoms with Crippen molar-refractivity contribution in [2.75, 3.05) is 0 Å². The predicted octanol–water partition coefficient (Wildman–Crippen LogP) is 1.74. The smallest absolute Gasteiger partial charge is 0.280 e. The minimum Gasteiger partial charge on any atom is -0.293 e. The van der Waals surface area contributed by atoms with Gasteiger partial charge in [-0.25, -0.2) is 0 Å². The quantitative estimate of drug-likeness (QED) is 0.350. The molecule has 0 aliphatic heterocycles. The third-order valence-electron chi connectivity index (χ3n) is 2.96. The number of fused-ring (bicyclic) bond motifs is 1. The molecule has 0 saturated carbocycles. The molecule has 0 radical (unpaired) electrons. The first kappa shape index (κ1) is 12.0. The molecule has 7 heteroatoms. The van der Waals surface area contributed by atoms with Gasteiger partial charge >= 0.3 is 0 Å². The molecule has 0 spiro atoms. The number of ketones is 2. The van der Waals surface area contributed by atoms with E-state index in [1.165, 1.54) is 19.1 Å². The Morgan fingerprint density at radius 1 is 1.33 bits per heavy atom. The summed E-state index contributed by atoms with van der Waals surface area (Å²) < 4.78 is 0. The summed E-state index contributed by atoms with van der Waals surface area (Å²) in [5, 5.41) is 13.5. The molecule has 1 aromatic rings. The number of benzene rings is 1. The van der Waals surface area contributed by atoms with Crippen LogP contribution >= 0.6 is 0 Å². The Morgan fingerprint density at radius 3 is 2.56 bits per heavy atom. The topological polar surface area (TPSA) is 107 Å². The Hall–Kier alpha value is -2.44. The fourth-order valence-electron chi connectivity index (χ4n) is 2.10. The lowest BCUT2D eigenvalue weighted by Crippen LogP contribution is -2.25. The van der Waals surface area contributed by atoms with E-state index >= 15 is 0 Å². The van der Waals surface area contributed by atoms with E-state index in [9.17, 15) is 24.6 Å². The van der Waals surface area contributed by atoms with Crippen LogP contribution in [0.2, 0.25) is 0 Å². The minimum absolute atomic E-state index is 0.00491.